The maximum atomic E-state index is 13.6. The average molecular weight is 270 g/mol. The minimum absolute atomic E-state index is 0.138. The maximum Gasteiger partial charge on any atom is 0.244 e. The number of fused-ring (bicyclic) bond motifs is 1. The minimum atomic E-state index is -0.310. The first-order valence-electron chi connectivity index (χ1n) is 6.49. The molecule has 1 amide bonds. The molecule has 20 heavy (non-hydrogen) atoms. The number of nitrogens with one attached hydrogen (secondary N) is 1. The van der Waals surface area contributed by atoms with Crippen LogP contribution < -0.4 is 10.2 Å². The van der Waals surface area contributed by atoms with E-state index in [2.05, 4.69) is 5.32 Å². The highest BCUT2D eigenvalue weighted by molar-refractivity contribution is 6.03. The zero-order valence-corrected chi connectivity index (χ0v) is 11.4. The van der Waals surface area contributed by atoms with Gasteiger partial charge in [-0.15, -0.1) is 0 Å². The molecule has 3 rings (SSSR count). The highest BCUT2D eigenvalue weighted by atomic mass is 19.1. The van der Waals surface area contributed by atoms with Gasteiger partial charge in [0.05, 0.1) is 11.4 Å². The summed E-state index contributed by atoms with van der Waals surface area (Å²) in [5, 5.41) is 2.72. The van der Waals surface area contributed by atoms with Crippen LogP contribution in [-0.4, -0.2) is 12.5 Å². The van der Waals surface area contributed by atoms with Crippen molar-refractivity contribution in [2.45, 2.75) is 13.8 Å². The van der Waals surface area contributed by atoms with Gasteiger partial charge in [-0.25, -0.2) is 4.39 Å². The van der Waals surface area contributed by atoms with Gasteiger partial charge < -0.3 is 10.2 Å². The molecule has 0 spiro atoms. The molecule has 0 fully saturated rings. The quantitative estimate of drug-likeness (QED) is 0.859. The molecule has 0 aliphatic carbocycles. The number of halogens is 1. The molecule has 1 N–H and O–H groups in total. The molecule has 0 radical (unpaired) electrons. The third kappa shape index (κ3) is 2.13. The molecule has 0 atom stereocenters. The Morgan fingerprint density at radius 2 is 1.85 bits per heavy atom. The van der Waals surface area contributed by atoms with Gasteiger partial charge in [0.25, 0.3) is 0 Å². The molecule has 4 heteroatoms. The van der Waals surface area contributed by atoms with Crippen molar-refractivity contribution in [1.82, 2.24) is 0 Å². The molecule has 0 aromatic heterocycles. The minimum Gasteiger partial charge on any atom is -0.330 e. The maximum absolute atomic E-state index is 13.6. The Labute approximate surface area is 117 Å². The van der Waals surface area contributed by atoms with E-state index in [0.717, 1.165) is 16.9 Å². The molecule has 3 nitrogen and oxygen atoms in total. The summed E-state index contributed by atoms with van der Waals surface area (Å²) >= 11 is 0. The van der Waals surface area contributed by atoms with Gasteiger partial charge >= 0.3 is 0 Å². The van der Waals surface area contributed by atoms with Crippen LogP contribution in [0.1, 0.15) is 11.1 Å². The zero-order chi connectivity index (χ0) is 14.3. The van der Waals surface area contributed by atoms with Gasteiger partial charge in [0, 0.05) is 5.69 Å². The Balaban J connectivity index is 2.12. The van der Waals surface area contributed by atoms with Crippen molar-refractivity contribution >= 4 is 23.0 Å². The van der Waals surface area contributed by atoms with Crippen LogP contribution >= 0.6 is 0 Å². The van der Waals surface area contributed by atoms with Gasteiger partial charge in [0.15, 0.2) is 0 Å². The Kier molecular flexibility index (Phi) is 2.93. The molecule has 1 aliphatic heterocycles. The monoisotopic (exact) mass is 270 g/mol. The second-order valence-corrected chi connectivity index (χ2v) is 5.09. The molecular weight excluding hydrogens is 255 g/mol. The Morgan fingerprint density at radius 3 is 2.55 bits per heavy atom. The topological polar surface area (TPSA) is 32.3 Å². The average Bonchev–Trinajstić information content (AvgIpc) is 2.41. The third-order valence-electron chi connectivity index (χ3n) is 3.49. The molecule has 102 valence electrons. The first-order valence-corrected chi connectivity index (χ1v) is 6.49. The van der Waals surface area contributed by atoms with Crippen molar-refractivity contribution in [1.29, 1.82) is 0 Å². The Bertz CT molecular complexity index is 680. The highest BCUT2D eigenvalue weighted by Gasteiger charge is 2.24. The summed E-state index contributed by atoms with van der Waals surface area (Å²) in [6.07, 6.45) is 0. The SMILES string of the molecule is Cc1ccc(N2CC(=O)Nc3cc(F)c(C)cc32)cc1. The number of benzene rings is 2. The molecule has 0 unspecified atom stereocenters. The van der Waals surface area contributed by atoms with E-state index in [1.807, 2.05) is 36.1 Å². The number of amides is 1. The van der Waals surface area contributed by atoms with Crippen LogP contribution in [0.15, 0.2) is 36.4 Å². The van der Waals surface area contributed by atoms with E-state index < -0.39 is 0 Å². The summed E-state index contributed by atoms with van der Waals surface area (Å²) in [6, 6.07) is 11.1. The Hall–Kier alpha value is -2.36. The second kappa shape index (κ2) is 4.63. The van der Waals surface area contributed by atoms with Gasteiger partial charge in [-0.05, 0) is 43.7 Å². The van der Waals surface area contributed by atoms with Crippen molar-refractivity contribution in [3.8, 4) is 0 Å². The summed E-state index contributed by atoms with van der Waals surface area (Å²) in [4.78, 5) is 13.7. The number of hydrogen-bond acceptors (Lipinski definition) is 2. The molecule has 1 aliphatic rings. The van der Waals surface area contributed by atoms with Crippen LogP contribution in [0.4, 0.5) is 21.5 Å². The van der Waals surface area contributed by atoms with Gasteiger partial charge in [0.1, 0.15) is 12.4 Å². The number of carbonyl (C=O) groups excluding carboxylic acids is 1. The van der Waals surface area contributed by atoms with E-state index in [9.17, 15) is 9.18 Å². The first-order chi connectivity index (χ1) is 9.54. The standard InChI is InChI=1S/C16H15FN2O/c1-10-3-5-12(6-4-10)19-9-16(20)18-14-8-13(17)11(2)7-15(14)19/h3-8H,9H2,1-2H3,(H,18,20). The normalized spacial score (nSPS) is 13.9. The van der Waals surface area contributed by atoms with Crippen molar-refractivity contribution < 1.29 is 9.18 Å². The first kappa shape index (κ1) is 12.7. The predicted molar refractivity (Wildman–Crippen MR) is 78.0 cm³/mol. The summed E-state index contributed by atoms with van der Waals surface area (Å²) in [7, 11) is 0. The van der Waals surface area contributed by atoms with E-state index in [4.69, 9.17) is 0 Å². The van der Waals surface area contributed by atoms with Crippen molar-refractivity contribution in [3.05, 3.63) is 53.3 Å². The number of nitrogens with zero attached hydrogens (tertiary/aromatic N) is 1. The van der Waals surface area contributed by atoms with Gasteiger partial charge in [-0.3, -0.25) is 4.79 Å². The molecular formula is C16H15FN2O. The molecule has 0 bridgehead atoms. The second-order valence-electron chi connectivity index (χ2n) is 5.09. The number of rotatable bonds is 1. The molecule has 2 aromatic carbocycles. The van der Waals surface area contributed by atoms with E-state index in [0.29, 0.717) is 11.3 Å². The molecule has 1 heterocycles. The smallest absolute Gasteiger partial charge is 0.244 e. The van der Waals surface area contributed by atoms with Crippen LogP contribution in [0, 0.1) is 19.7 Å². The van der Waals surface area contributed by atoms with Crippen LogP contribution in [0.25, 0.3) is 0 Å². The van der Waals surface area contributed by atoms with E-state index in [1.54, 1.807) is 13.0 Å². The van der Waals surface area contributed by atoms with Crippen LogP contribution in [0.2, 0.25) is 0 Å². The lowest BCUT2D eigenvalue weighted by atomic mass is 10.1. The number of carbonyl (C=O) groups is 1. The fraction of sp³-hybridized carbons (Fsp3) is 0.188. The largest absolute Gasteiger partial charge is 0.330 e. The lowest BCUT2D eigenvalue weighted by Gasteiger charge is -2.31. The van der Waals surface area contributed by atoms with Crippen LogP contribution in [0.3, 0.4) is 0 Å². The fourth-order valence-electron chi connectivity index (χ4n) is 2.36. The Morgan fingerprint density at radius 1 is 1.15 bits per heavy atom. The number of aryl methyl sites for hydroxylation is 2. The van der Waals surface area contributed by atoms with Crippen molar-refractivity contribution in [2.75, 3.05) is 16.8 Å². The van der Waals surface area contributed by atoms with Gasteiger partial charge in [-0.1, -0.05) is 17.7 Å². The number of hydrogen-bond donors (Lipinski definition) is 1. The van der Waals surface area contributed by atoms with Crippen LogP contribution in [0.5, 0.6) is 0 Å². The fourth-order valence-corrected chi connectivity index (χ4v) is 2.36. The van der Waals surface area contributed by atoms with Crippen molar-refractivity contribution in [3.63, 3.8) is 0 Å². The van der Waals surface area contributed by atoms with Gasteiger partial charge in [0.2, 0.25) is 5.91 Å². The highest BCUT2D eigenvalue weighted by Crippen LogP contribution is 2.36. The van der Waals surface area contributed by atoms with Crippen LogP contribution in [-0.2, 0) is 4.79 Å². The molecule has 0 saturated carbocycles. The summed E-state index contributed by atoms with van der Waals surface area (Å²) in [5.41, 5.74) is 4.00. The molecule has 2 aromatic rings. The lowest BCUT2D eigenvalue weighted by Crippen LogP contribution is -2.35. The number of anilines is 3. The summed E-state index contributed by atoms with van der Waals surface area (Å²) in [5.74, 6) is -0.448. The third-order valence-corrected chi connectivity index (χ3v) is 3.49. The van der Waals surface area contributed by atoms with Gasteiger partial charge in [-0.2, -0.15) is 0 Å². The lowest BCUT2D eigenvalue weighted by molar-refractivity contribution is -0.115. The molecule has 0 saturated heterocycles. The summed E-state index contributed by atoms with van der Waals surface area (Å²) < 4.78 is 13.6. The zero-order valence-electron chi connectivity index (χ0n) is 11.4. The van der Waals surface area contributed by atoms with E-state index in [-0.39, 0.29) is 18.3 Å². The predicted octanol–water partition coefficient (Wildman–Crippen LogP) is 3.53. The van der Waals surface area contributed by atoms with Crippen molar-refractivity contribution in [2.24, 2.45) is 0 Å². The van der Waals surface area contributed by atoms with E-state index >= 15 is 0 Å². The van der Waals surface area contributed by atoms with E-state index in [1.165, 1.54) is 6.07 Å². The summed E-state index contributed by atoms with van der Waals surface area (Å²) in [6.45, 7) is 3.97.